The number of nitrogens with zero attached hydrogens (tertiary/aromatic N) is 2. The van der Waals surface area contributed by atoms with Gasteiger partial charge in [-0.1, -0.05) is 18.5 Å². The van der Waals surface area contributed by atoms with E-state index in [1.54, 1.807) is 12.1 Å². The number of amidine groups is 1. The standard InChI is InChI=1S/C14H21N3O2/c1-9-5-3-4-6-12(9)19-13-8-11(14(15)17-18)7-10(2)16-13/h7-9,12,18H,3-6H2,1-2H3,(H2,15,17). The first kappa shape index (κ1) is 13.6. The summed E-state index contributed by atoms with van der Waals surface area (Å²) in [6.45, 7) is 4.08. The second-order valence-electron chi connectivity index (χ2n) is 5.24. The van der Waals surface area contributed by atoms with Crippen molar-refractivity contribution in [1.82, 2.24) is 4.98 Å². The van der Waals surface area contributed by atoms with E-state index >= 15 is 0 Å². The van der Waals surface area contributed by atoms with Crippen LogP contribution in [0.15, 0.2) is 17.3 Å². The molecule has 5 nitrogen and oxygen atoms in total. The topological polar surface area (TPSA) is 80.7 Å². The molecule has 1 fully saturated rings. The van der Waals surface area contributed by atoms with Crippen molar-refractivity contribution in [2.45, 2.75) is 45.6 Å². The van der Waals surface area contributed by atoms with E-state index in [0.717, 1.165) is 12.1 Å². The van der Waals surface area contributed by atoms with Gasteiger partial charge >= 0.3 is 0 Å². The zero-order chi connectivity index (χ0) is 13.8. The number of hydrogen-bond donors (Lipinski definition) is 2. The van der Waals surface area contributed by atoms with Crippen LogP contribution in [-0.4, -0.2) is 22.1 Å². The smallest absolute Gasteiger partial charge is 0.214 e. The quantitative estimate of drug-likeness (QED) is 0.380. The Morgan fingerprint density at radius 2 is 2.16 bits per heavy atom. The summed E-state index contributed by atoms with van der Waals surface area (Å²) in [4.78, 5) is 4.36. The van der Waals surface area contributed by atoms with Crippen molar-refractivity contribution >= 4 is 5.84 Å². The van der Waals surface area contributed by atoms with E-state index in [2.05, 4.69) is 17.1 Å². The first-order chi connectivity index (χ1) is 9.10. The summed E-state index contributed by atoms with van der Waals surface area (Å²) in [5.74, 6) is 1.18. The maximum absolute atomic E-state index is 8.74. The number of rotatable bonds is 3. The summed E-state index contributed by atoms with van der Waals surface area (Å²) in [5.41, 5.74) is 7.04. The molecule has 2 unspecified atom stereocenters. The largest absolute Gasteiger partial charge is 0.474 e. The molecule has 3 N–H and O–H groups in total. The second kappa shape index (κ2) is 5.91. The molecule has 2 atom stereocenters. The summed E-state index contributed by atoms with van der Waals surface area (Å²) in [6.07, 6.45) is 4.95. The number of aryl methyl sites for hydroxylation is 1. The molecule has 5 heteroatoms. The Morgan fingerprint density at radius 3 is 2.84 bits per heavy atom. The molecule has 0 saturated heterocycles. The Hall–Kier alpha value is -1.78. The van der Waals surface area contributed by atoms with Gasteiger partial charge in [0.05, 0.1) is 0 Å². The lowest BCUT2D eigenvalue weighted by Crippen LogP contribution is -2.28. The van der Waals surface area contributed by atoms with Gasteiger partial charge in [0.1, 0.15) is 6.10 Å². The molecule has 0 aromatic carbocycles. The van der Waals surface area contributed by atoms with Crippen LogP contribution in [-0.2, 0) is 0 Å². The molecule has 1 aliphatic carbocycles. The maximum Gasteiger partial charge on any atom is 0.214 e. The van der Waals surface area contributed by atoms with Crippen molar-refractivity contribution in [3.05, 3.63) is 23.4 Å². The van der Waals surface area contributed by atoms with Gasteiger partial charge in [0.15, 0.2) is 5.84 Å². The average molecular weight is 263 g/mol. The number of oxime groups is 1. The molecule has 0 amide bonds. The first-order valence-corrected chi connectivity index (χ1v) is 6.73. The highest BCUT2D eigenvalue weighted by atomic mass is 16.5. The Morgan fingerprint density at radius 1 is 1.42 bits per heavy atom. The molecular weight excluding hydrogens is 242 g/mol. The predicted octanol–water partition coefficient (Wildman–Crippen LogP) is 2.44. The van der Waals surface area contributed by atoms with E-state index in [9.17, 15) is 0 Å². The first-order valence-electron chi connectivity index (χ1n) is 6.73. The van der Waals surface area contributed by atoms with Crippen LogP contribution in [0.25, 0.3) is 0 Å². The third kappa shape index (κ3) is 3.36. The van der Waals surface area contributed by atoms with Crippen LogP contribution in [0.5, 0.6) is 5.88 Å². The molecule has 0 radical (unpaired) electrons. The van der Waals surface area contributed by atoms with E-state index in [0.29, 0.717) is 17.4 Å². The van der Waals surface area contributed by atoms with Crippen molar-refractivity contribution < 1.29 is 9.94 Å². The Balaban J connectivity index is 2.17. The Bertz CT molecular complexity index is 474. The van der Waals surface area contributed by atoms with Gasteiger partial charge in [-0.25, -0.2) is 4.98 Å². The number of ether oxygens (including phenoxy) is 1. The zero-order valence-corrected chi connectivity index (χ0v) is 11.5. The van der Waals surface area contributed by atoms with Gasteiger partial charge in [-0.3, -0.25) is 0 Å². The van der Waals surface area contributed by atoms with Gasteiger partial charge in [0.2, 0.25) is 5.88 Å². The highest BCUT2D eigenvalue weighted by molar-refractivity contribution is 5.97. The highest BCUT2D eigenvalue weighted by Gasteiger charge is 2.23. The third-order valence-corrected chi connectivity index (χ3v) is 3.64. The second-order valence-corrected chi connectivity index (χ2v) is 5.24. The molecule has 2 rings (SSSR count). The van der Waals surface area contributed by atoms with Crippen molar-refractivity contribution in [3.63, 3.8) is 0 Å². The van der Waals surface area contributed by atoms with Crippen LogP contribution in [0.3, 0.4) is 0 Å². The minimum absolute atomic E-state index is 0.0760. The van der Waals surface area contributed by atoms with Gasteiger partial charge < -0.3 is 15.7 Å². The minimum Gasteiger partial charge on any atom is -0.474 e. The fourth-order valence-electron chi connectivity index (χ4n) is 2.52. The van der Waals surface area contributed by atoms with E-state index in [1.165, 1.54) is 19.3 Å². The molecule has 1 heterocycles. The third-order valence-electron chi connectivity index (χ3n) is 3.64. The lowest BCUT2D eigenvalue weighted by molar-refractivity contribution is 0.0974. The minimum atomic E-state index is 0.0760. The fourth-order valence-corrected chi connectivity index (χ4v) is 2.52. The monoisotopic (exact) mass is 263 g/mol. The molecule has 1 aliphatic rings. The zero-order valence-electron chi connectivity index (χ0n) is 11.5. The van der Waals surface area contributed by atoms with E-state index < -0.39 is 0 Å². The van der Waals surface area contributed by atoms with Crippen LogP contribution in [0.1, 0.15) is 43.9 Å². The molecule has 1 aromatic rings. The molecule has 19 heavy (non-hydrogen) atoms. The van der Waals surface area contributed by atoms with Crippen molar-refractivity contribution in [2.75, 3.05) is 0 Å². The number of pyridine rings is 1. The van der Waals surface area contributed by atoms with E-state index in [-0.39, 0.29) is 11.9 Å². The lowest BCUT2D eigenvalue weighted by atomic mass is 9.88. The molecule has 1 aromatic heterocycles. The van der Waals surface area contributed by atoms with Crippen molar-refractivity contribution in [3.8, 4) is 5.88 Å². The predicted molar refractivity (Wildman–Crippen MR) is 73.5 cm³/mol. The fraction of sp³-hybridized carbons (Fsp3) is 0.571. The Labute approximate surface area is 113 Å². The van der Waals surface area contributed by atoms with E-state index in [1.807, 2.05) is 6.92 Å². The summed E-state index contributed by atoms with van der Waals surface area (Å²) in [6, 6.07) is 3.50. The van der Waals surface area contributed by atoms with Crippen LogP contribution < -0.4 is 10.5 Å². The highest BCUT2D eigenvalue weighted by Crippen LogP contribution is 2.27. The van der Waals surface area contributed by atoms with Crippen LogP contribution in [0.2, 0.25) is 0 Å². The van der Waals surface area contributed by atoms with Crippen molar-refractivity contribution in [1.29, 1.82) is 0 Å². The summed E-state index contributed by atoms with van der Waals surface area (Å²) in [7, 11) is 0. The number of hydrogen-bond acceptors (Lipinski definition) is 4. The molecule has 1 saturated carbocycles. The molecule has 0 spiro atoms. The summed E-state index contributed by atoms with van der Waals surface area (Å²) in [5, 5.41) is 11.7. The summed E-state index contributed by atoms with van der Waals surface area (Å²) >= 11 is 0. The molecule has 0 bridgehead atoms. The normalized spacial score (nSPS) is 24.2. The van der Waals surface area contributed by atoms with Gasteiger partial charge in [-0.2, -0.15) is 0 Å². The van der Waals surface area contributed by atoms with E-state index in [4.69, 9.17) is 15.7 Å². The van der Waals surface area contributed by atoms with Crippen molar-refractivity contribution in [2.24, 2.45) is 16.8 Å². The number of nitrogens with two attached hydrogens (primary N) is 1. The molecular formula is C14H21N3O2. The van der Waals surface area contributed by atoms with Gasteiger partial charge in [0, 0.05) is 17.3 Å². The summed E-state index contributed by atoms with van der Waals surface area (Å²) < 4.78 is 5.98. The van der Waals surface area contributed by atoms with Gasteiger partial charge in [0.25, 0.3) is 0 Å². The SMILES string of the molecule is Cc1cc(/C(N)=N/O)cc(OC2CCCCC2C)n1. The maximum atomic E-state index is 8.74. The van der Waals surface area contributed by atoms with Crippen LogP contribution >= 0.6 is 0 Å². The number of aromatic nitrogens is 1. The van der Waals surface area contributed by atoms with Gasteiger partial charge in [-0.15, -0.1) is 0 Å². The average Bonchev–Trinajstić information content (AvgIpc) is 2.40. The van der Waals surface area contributed by atoms with Crippen LogP contribution in [0.4, 0.5) is 0 Å². The lowest BCUT2D eigenvalue weighted by Gasteiger charge is -2.29. The molecule has 0 aliphatic heterocycles. The molecule has 104 valence electrons. The van der Waals surface area contributed by atoms with Crippen LogP contribution in [0, 0.1) is 12.8 Å². The van der Waals surface area contributed by atoms with Gasteiger partial charge in [-0.05, 0) is 38.2 Å². The Kier molecular flexibility index (Phi) is 4.24.